The van der Waals surface area contributed by atoms with E-state index in [2.05, 4.69) is 20.1 Å². The summed E-state index contributed by atoms with van der Waals surface area (Å²) >= 11 is 0. The van der Waals surface area contributed by atoms with Crippen LogP contribution in [-0.2, 0) is 17.8 Å². The lowest BCUT2D eigenvalue weighted by atomic mass is 10.0. The minimum Gasteiger partial charge on any atom is -0.335 e. The van der Waals surface area contributed by atoms with Gasteiger partial charge in [-0.15, -0.1) is 0 Å². The Morgan fingerprint density at radius 2 is 2.22 bits per heavy atom. The SMILES string of the molecule is CC[C@@H](C(=O)N1CCc2c(nc(-c3cccnc3)[nH]c2=O)C1)n1cccn1. The third kappa shape index (κ3) is 3.25. The van der Waals surface area contributed by atoms with Gasteiger partial charge in [-0.2, -0.15) is 5.10 Å². The molecule has 138 valence electrons. The molecule has 8 nitrogen and oxygen atoms in total. The summed E-state index contributed by atoms with van der Waals surface area (Å²) in [4.78, 5) is 38.8. The van der Waals surface area contributed by atoms with E-state index >= 15 is 0 Å². The van der Waals surface area contributed by atoms with Crippen LogP contribution in [0.4, 0.5) is 0 Å². The topological polar surface area (TPSA) is 96.8 Å². The number of hydrogen-bond donors (Lipinski definition) is 1. The molecule has 8 heteroatoms. The van der Waals surface area contributed by atoms with Crippen molar-refractivity contribution < 1.29 is 4.79 Å². The highest BCUT2D eigenvalue weighted by atomic mass is 16.2. The van der Waals surface area contributed by atoms with Crippen LogP contribution >= 0.6 is 0 Å². The molecule has 0 aromatic carbocycles. The molecule has 0 radical (unpaired) electrons. The number of carbonyl (C=O) groups excluding carboxylic acids is 1. The first-order valence-corrected chi connectivity index (χ1v) is 8.97. The number of fused-ring (bicyclic) bond motifs is 1. The van der Waals surface area contributed by atoms with Crippen LogP contribution in [0, 0.1) is 0 Å². The summed E-state index contributed by atoms with van der Waals surface area (Å²) in [6.07, 6.45) is 7.93. The monoisotopic (exact) mass is 364 g/mol. The molecule has 1 amide bonds. The minimum atomic E-state index is -0.346. The molecule has 0 aliphatic carbocycles. The molecule has 0 spiro atoms. The number of pyridine rings is 1. The fourth-order valence-corrected chi connectivity index (χ4v) is 3.42. The fourth-order valence-electron chi connectivity index (χ4n) is 3.42. The van der Waals surface area contributed by atoms with Crippen molar-refractivity contribution in [1.29, 1.82) is 0 Å². The predicted molar refractivity (Wildman–Crippen MR) is 98.8 cm³/mol. The van der Waals surface area contributed by atoms with Gasteiger partial charge in [0.2, 0.25) is 5.91 Å². The van der Waals surface area contributed by atoms with E-state index in [1.54, 1.807) is 40.4 Å². The van der Waals surface area contributed by atoms with Crippen molar-refractivity contribution in [2.24, 2.45) is 0 Å². The molecule has 1 aliphatic rings. The first kappa shape index (κ1) is 17.1. The van der Waals surface area contributed by atoms with Crippen molar-refractivity contribution in [3.05, 3.63) is 64.6 Å². The van der Waals surface area contributed by atoms with Gasteiger partial charge in [0.1, 0.15) is 11.9 Å². The summed E-state index contributed by atoms with van der Waals surface area (Å²) in [6.45, 7) is 2.79. The molecule has 27 heavy (non-hydrogen) atoms. The maximum absolute atomic E-state index is 13.0. The summed E-state index contributed by atoms with van der Waals surface area (Å²) < 4.78 is 1.68. The standard InChI is InChI=1S/C19H20N6O2/c1-2-16(25-9-4-8-21-25)19(27)24-10-6-14-15(12-24)22-17(23-18(14)26)13-5-3-7-20-11-13/h3-5,7-9,11,16H,2,6,10,12H2,1H3,(H,22,23,26)/t16-/m0/s1. The smallest absolute Gasteiger partial charge is 0.254 e. The maximum Gasteiger partial charge on any atom is 0.254 e. The van der Waals surface area contributed by atoms with Crippen LogP contribution in [0.15, 0.2) is 47.8 Å². The Morgan fingerprint density at radius 1 is 1.33 bits per heavy atom. The quantitative estimate of drug-likeness (QED) is 0.758. The van der Waals surface area contributed by atoms with Gasteiger partial charge in [0.25, 0.3) is 5.56 Å². The third-order valence-corrected chi connectivity index (χ3v) is 4.84. The van der Waals surface area contributed by atoms with Crippen LogP contribution in [0.3, 0.4) is 0 Å². The molecule has 3 aromatic heterocycles. The zero-order valence-electron chi connectivity index (χ0n) is 15.0. The van der Waals surface area contributed by atoms with E-state index in [-0.39, 0.29) is 17.5 Å². The van der Waals surface area contributed by atoms with Crippen molar-refractivity contribution in [2.45, 2.75) is 32.4 Å². The highest BCUT2D eigenvalue weighted by Crippen LogP contribution is 2.21. The Labute approximate surface area is 155 Å². The highest BCUT2D eigenvalue weighted by molar-refractivity contribution is 5.80. The Morgan fingerprint density at radius 3 is 2.93 bits per heavy atom. The molecular weight excluding hydrogens is 344 g/mol. The number of rotatable bonds is 4. The molecule has 4 rings (SSSR count). The van der Waals surface area contributed by atoms with Crippen molar-refractivity contribution in [1.82, 2.24) is 29.6 Å². The number of aromatic nitrogens is 5. The van der Waals surface area contributed by atoms with Crippen molar-refractivity contribution in [2.75, 3.05) is 6.54 Å². The number of amides is 1. The van der Waals surface area contributed by atoms with Crippen LogP contribution in [0.25, 0.3) is 11.4 Å². The third-order valence-electron chi connectivity index (χ3n) is 4.84. The Kier molecular flexibility index (Phi) is 4.53. The van der Waals surface area contributed by atoms with E-state index in [0.717, 1.165) is 5.56 Å². The van der Waals surface area contributed by atoms with E-state index < -0.39 is 0 Å². The first-order valence-electron chi connectivity index (χ1n) is 8.97. The van der Waals surface area contributed by atoms with Gasteiger partial charge in [0, 0.05) is 42.5 Å². The van der Waals surface area contributed by atoms with Crippen LogP contribution in [0.2, 0.25) is 0 Å². The first-order chi connectivity index (χ1) is 13.2. The van der Waals surface area contributed by atoms with Crippen molar-refractivity contribution in [3.8, 4) is 11.4 Å². The zero-order chi connectivity index (χ0) is 18.8. The number of aromatic amines is 1. The fraction of sp³-hybridized carbons (Fsp3) is 0.316. The Balaban J connectivity index is 1.63. The molecule has 1 aliphatic heterocycles. The lowest BCUT2D eigenvalue weighted by Gasteiger charge is -2.30. The van der Waals surface area contributed by atoms with Gasteiger partial charge in [0.05, 0.1) is 12.2 Å². The molecular formula is C19H20N6O2. The van der Waals surface area contributed by atoms with E-state index in [1.807, 2.05) is 19.1 Å². The maximum atomic E-state index is 13.0. The molecule has 1 atom stereocenters. The normalized spacial score (nSPS) is 14.6. The Bertz CT molecular complexity index is 997. The Hall–Kier alpha value is -3.29. The molecule has 0 bridgehead atoms. The van der Waals surface area contributed by atoms with E-state index in [4.69, 9.17) is 0 Å². The van der Waals surface area contributed by atoms with Gasteiger partial charge in [-0.05, 0) is 31.0 Å². The van der Waals surface area contributed by atoms with Gasteiger partial charge in [0.15, 0.2) is 0 Å². The summed E-state index contributed by atoms with van der Waals surface area (Å²) in [5.41, 5.74) is 1.89. The van der Waals surface area contributed by atoms with Crippen LogP contribution < -0.4 is 5.56 Å². The van der Waals surface area contributed by atoms with Gasteiger partial charge >= 0.3 is 0 Å². The molecule has 0 fully saturated rings. The summed E-state index contributed by atoms with van der Waals surface area (Å²) in [5, 5.41) is 4.21. The van der Waals surface area contributed by atoms with Crippen molar-refractivity contribution >= 4 is 5.91 Å². The van der Waals surface area contributed by atoms with E-state index in [1.165, 1.54) is 0 Å². The number of H-pyrrole nitrogens is 1. The molecule has 4 heterocycles. The number of carbonyl (C=O) groups is 1. The molecule has 0 saturated heterocycles. The lowest BCUT2D eigenvalue weighted by molar-refractivity contribution is -0.136. The molecule has 3 aromatic rings. The highest BCUT2D eigenvalue weighted by Gasteiger charge is 2.29. The van der Waals surface area contributed by atoms with Crippen LogP contribution in [0.1, 0.15) is 30.6 Å². The second-order valence-corrected chi connectivity index (χ2v) is 6.50. The average Bonchev–Trinajstić information content (AvgIpc) is 3.23. The summed E-state index contributed by atoms with van der Waals surface area (Å²) in [6, 6.07) is 5.10. The lowest BCUT2D eigenvalue weighted by Crippen LogP contribution is -2.42. The summed E-state index contributed by atoms with van der Waals surface area (Å²) in [7, 11) is 0. The number of nitrogens with one attached hydrogen (secondary N) is 1. The minimum absolute atomic E-state index is 0.00291. The van der Waals surface area contributed by atoms with Crippen LogP contribution in [-0.4, -0.2) is 42.1 Å². The average molecular weight is 364 g/mol. The molecule has 0 unspecified atom stereocenters. The van der Waals surface area contributed by atoms with Gasteiger partial charge in [-0.3, -0.25) is 19.3 Å². The number of hydrogen-bond acceptors (Lipinski definition) is 5. The molecule has 0 saturated carbocycles. The molecule has 1 N–H and O–H groups in total. The van der Waals surface area contributed by atoms with Gasteiger partial charge in [-0.1, -0.05) is 6.92 Å². The largest absolute Gasteiger partial charge is 0.335 e. The predicted octanol–water partition coefficient (Wildman–Crippen LogP) is 1.56. The summed E-state index contributed by atoms with van der Waals surface area (Å²) in [5.74, 6) is 0.470. The van der Waals surface area contributed by atoms with Crippen LogP contribution in [0.5, 0.6) is 0 Å². The van der Waals surface area contributed by atoms with E-state index in [0.29, 0.717) is 43.0 Å². The van der Waals surface area contributed by atoms with Gasteiger partial charge < -0.3 is 9.88 Å². The second kappa shape index (κ2) is 7.14. The van der Waals surface area contributed by atoms with E-state index in [9.17, 15) is 9.59 Å². The zero-order valence-corrected chi connectivity index (χ0v) is 15.0. The number of nitrogens with zero attached hydrogens (tertiary/aromatic N) is 5. The van der Waals surface area contributed by atoms with Crippen molar-refractivity contribution in [3.63, 3.8) is 0 Å². The second-order valence-electron chi connectivity index (χ2n) is 6.50. The van der Waals surface area contributed by atoms with Gasteiger partial charge in [-0.25, -0.2) is 4.98 Å².